The maximum atomic E-state index is 12.3. The van der Waals surface area contributed by atoms with Gasteiger partial charge in [-0.05, 0) is 60.9 Å². The normalized spacial score (nSPS) is 14.4. The Morgan fingerprint density at radius 1 is 1.23 bits per heavy atom. The molecule has 1 amide bonds. The summed E-state index contributed by atoms with van der Waals surface area (Å²) in [7, 11) is -1.60. The molecule has 0 spiro atoms. The van der Waals surface area contributed by atoms with Crippen LogP contribution in [0.2, 0.25) is 0 Å². The number of sulfonamides is 1. The van der Waals surface area contributed by atoms with Gasteiger partial charge in [0.2, 0.25) is 15.9 Å². The van der Waals surface area contributed by atoms with Gasteiger partial charge in [-0.25, -0.2) is 13.1 Å². The number of thiophene rings is 1. The lowest BCUT2D eigenvalue weighted by Crippen LogP contribution is -2.26. The van der Waals surface area contributed by atoms with Crippen LogP contribution in [0.15, 0.2) is 40.6 Å². The first kappa shape index (κ1) is 19.1. The van der Waals surface area contributed by atoms with E-state index in [1.807, 2.05) is 12.4 Å². The summed E-state index contributed by atoms with van der Waals surface area (Å²) in [5.74, 6) is 0.0879. The lowest BCUT2D eigenvalue weighted by Gasteiger charge is -2.17. The summed E-state index contributed by atoms with van der Waals surface area (Å²) in [6.07, 6.45) is 2.84. The predicted octanol–water partition coefficient (Wildman–Crippen LogP) is 3.09. The maximum Gasteiger partial charge on any atom is 0.240 e. The maximum absolute atomic E-state index is 12.3. The van der Waals surface area contributed by atoms with Gasteiger partial charge >= 0.3 is 0 Å². The predicted molar refractivity (Wildman–Crippen MR) is 104 cm³/mol. The van der Waals surface area contributed by atoms with Gasteiger partial charge in [-0.3, -0.25) is 4.79 Å². The molecule has 0 unspecified atom stereocenters. The summed E-state index contributed by atoms with van der Waals surface area (Å²) in [4.78, 5) is 15.6. The molecule has 1 N–H and O–H groups in total. The Kier molecular flexibility index (Phi) is 5.79. The van der Waals surface area contributed by atoms with Crippen LogP contribution >= 0.6 is 11.3 Å². The Balaban J connectivity index is 1.52. The highest BCUT2D eigenvalue weighted by Crippen LogP contribution is 2.22. The molecular weight excluding hydrogens is 368 g/mol. The van der Waals surface area contributed by atoms with Crippen molar-refractivity contribution in [3.8, 4) is 0 Å². The van der Waals surface area contributed by atoms with E-state index in [0.717, 1.165) is 18.4 Å². The minimum atomic E-state index is -3.42. The highest BCUT2D eigenvalue weighted by atomic mass is 32.2. The molecule has 1 saturated carbocycles. The Labute approximate surface area is 159 Å². The molecule has 1 aliphatic rings. The average molecular weight is 393 g/mol. The molecule has 3 rings (SSSR count). The number of amides is 1. The summed E-state index contributed by atoms with van der Waals surface area (Å²) in [5, 5.41) is 2.04. The molecule has 0 atom stereocenters. The summed E-state index contributed by atoms with van der Waals surface area (Å²) >= 11 is 1.67. The summed E-state index contributed by atoms with van der Waals surface area (Å²) in [6, 6.07) is 8.97. The van der Waals surface area contributed by atoms with Crippen LogP contribution in [0.25, 0.3) is 0 Å². The van der Waals surface area contributed by atoms with E-state index >= 15 is 0 Å². The molecule has 2 aromatic rings. The molecular formula is C19H24N2O3S2. The third-order valence-electron chi connectivity index (χ3n) is 4.54. The van der Waals surface area contributed by atoms with Gasteiger partial charge < -0.3 is 4.90 Å². The molecule has 26 heavy (non-hydrogen) atoms. The van der Waals surface area contributed by atoms with Crippen LogP contribution in [0.3, 0.4) is 0 Å². The summed E-state index contributed by atoms with van der Waals surface area (Å²) in [5.41, 5.74) is 2.18. The molecule has 0 radical (unpaired) electrons. The molecule has 1 heterocycles. The first-order chi connectivity index (χ1) is 12.3. The molecule has 1 aromatic heterocycles. The smallest absolute Gasteiger partial charge is 0.240 e. The summed E-state index contributed by atoms with van der Waals surface area (Å²) < 4.78 is 27.0. The number of carbonyl (C=O) groups excluding carboxylic acids is 1. The zero-order valence-corrected chi connectivity index (χ0v) is 16.7. The molecule has 5 nitrogen and oxygen atoms in total. The molecule has 0 saturated heterocycles. The number of rotatable bonds is 8. The van der Waals surface area contributed by atoms with E-state index in [2.05, 4.69) is 17.7 Å². The second-order valence-electron chi connectivity index (χ2n) is 6.82. The highest BCUT2D eigenvalue weighted by Gasteiger charge is 2.27. The van der Waals surface area contributed by atoms with E-state index in [4.69, 9.17) is 0 Å². The van der Waals surface area contributed by atoms with E-state index in [1.165, 1.54) is 10.4 Å². The van der Waals surface area contributed by atoms with Crippen LogP contribution in [-0.4, -0.2) is 32.3 Å². The van der Waals surface area contributed by atoms with Gasteiger partial charge in [-0.15, -0.1) is 11.3 Å². The molecule has 1 fully saturated rings. The monoisotopic (exact) mass is 392 g/mol. The molecule has 0 aliphatic heterocycles. The average Bonchev–Trinajstić information content (AvgIpc) is 3.33. The zero-order chi connectivity index (χ0) is 18.7. The van der Waals surface area contributed by atoms with Gasteiger partial charge in [-0.2, -0.15) is 0 Å². The first-order valence-corrected chi connectivity index (χ1v) is 11.1. The summed E-state index contributed by atoms with van der Waals surface area (Å²) in [6.45, 7) is 2.68. The van der Waals surface area contributed by atoms with Crippen LogP contribution in [0.5, 0.6) is 0 Å². The van der Waals surface area contributed by atoms with E-state index in [9.17, 15) is 13.2 Å². The van der Waals surface area contributed by atoms with Gasteiger partial charge in [0.25, 0.3) is 0 Å². The highest BCUT2D eigenvalue weighted by molar-refractivity contribution is 7.89. The van der Waals surface area contributed by atoms with Crippen molar-refractivity contribution in [1.29, 1.82) is 0 Å². The van der Waals surface area contributed by atoms with Gasteiger partial charge in [0.15, 0.2) is 0 Å². The number of carbonyl (C=O) groups is 1. The van der Waals surface area contributed by atoms with E-state index in [0.29, 0.717) is 19.4 Å². The molecule has 1 aromatic carbocycles. The fourth-order valence-corrected chi connectivity index (χ4v) is 4.90. The zero-order valence-electron chi connectivity index (χ0n) is 15.1. The van der Waals surface area contributed by atoms with Crippen molar-refractivity contribution >= 4 is 27.3 Å². The molecule has 0 bridgehead atoms. The fourth-order valence-electron chi connectivity index (χ4n) is 2.64. The third-order valence-corrected chi connectivity index (χ3v) is 7.08. The van der Waals surface area contributed by atoms with Crippen LogP contribution in [-0.2, 0) is 27.8 Å². The van der Waals surface area contributed by atoms with E-state index in [1.54, 1.807) is 40.5 Å². The number of benzene rings is 1. The van der Waals surface area contributed by atoms with Gasteiger partial charge in [0, 0.05) is 24.4 Å². The topological polar surface area (TPSA) is 66.5 Å². The second-order valence-corrected chi connectivity index (χ2v) is 9.53. The quantitative estimate of drug-likeness (QED) is 0.751. The fraction of sp³-hybridized carbons (Fsp3) is 0.421. The molecule has 7 heteroatoms. The lowest BCUT2D eigenvalue weighted by molar-refractivity contribution is -0.130. The van der Waals surface area contributed by atoms with Gasteiger partial charge in [0.05, 0.1) is 11.4 Å². The van der Waals surface area contributed by atoms with Crippen molar-refractivity contribution < 1.29 is 13.2 Å². The minimum absolute atomic E-state index is 0.0879. The molecule has 1 aliphatic carbocycles. The Morgan fingerprint density at radius 2 is 1.92 bits per heavy atom. The number of nitrogens with one attached hydrogen (secondary N) is 1. The van der Waals surface area contributed by atoms with Crippen LogP contribution in [0.4, 0.5) is 0 Å². The van der Waals surface area contributed by atoms with Crippen molar-refractivity contribution in [2.24, 2.45) is 0 Å². The second kappa shape index (κ2) is 7.90. The third kappa shape index (κ3) is 4.93. The molecule has 140 valence electrons. The van der Waals surface area contributed by atoms with E-state index < -0.39 is 10.0 Å². The number of hydrogen-bond donors (Lipinski definition) is 1. The first-order valence-electron chi connectivity index (χ1n) is 8.73. The Bertz CT molecular complexity index is 868. The van der Waals surface area contributed by atoms with E-state index in [-0.39, 0.29) is 16.8 Å². The minimum Gasteiger partial charge on any atom is -0.341 e. The number of aryl methyl sites for hydroxylation is 2. The lowest BCUT2D eigenvalue weighted by atomic mass is 10.1. The van der Waals surface area contributed by atoms with Crippen molar-refractivity contribution in [3.63, 3.8) is 0 Å². The number of nitrogens with zero attached hydrogens (tertiary/aromatic N) is 1. The standard InChI is InChI=1S/C19H24N2O3S2/c1-14-11-12-25-18(14)13-21(2)19(22)10-5-15-3-8-17(9-4-15)26(23,24)20-16-6-7-16/h3-4,8-9,11-12,16,20H,5-7,10,13H2,1-2H3. The Hall–Kier alpha value is -1.70. The van der Waals surface area contributed by atoms with Gasteiger partial charge in [-0.1, -0.05) is 12.1 Å². The Morgan fingerprint density at radius 3 is 2.50 bits per heavy atom. The van der Waals surface area contributed by atoms with Crippen molar-refractivity contribution in [1.82, 2.24) is 9.62 Å². The number of hydrogen-bond acceptors (Lipinski definition) is 4. The van der Waals surface area contributed by atoms with Crippen molar-refractivity contribution in [2.75, 3.05) is 7.05 Å². The van der Waals surface area contributed by atoms with Crippen LogP contribution in [0, 0.1) is 6.92 Å². The van der Waals surface area contributed by atoms with Crippen LogP contribution < -0.4 is 4.72 Å². The largest absolute Gasteiger partial charge is 0.341 e. The van der Waals surface area contributed by atoms with Gasteiger partial charge in [0.1, 0.15) is 0 Å². The SMILES string of the molecule is Cc1ccsc1CN(C)C(=O)CCc1ccc(S(=O)(=O)NC2CC2)cc1. The van der Waals surface area contributed by atoms with Crippen molar-refractivity contribution in [3.05, 3.63) is 51.7 Å². The van der Waals surface area contributed by atoms with Crippen molar-refractivity contribution in [2.45, 2.75) is 50.1 Å². The van der Waals surface area contributed by atoms with Crippen LogP contribution in [0.1, 0.15) is 35.3 Å².